The summed E-state index contributed by atoms with van der Waals surface area (Å²) in [5.41, 5.74) is 2.33. The number of para-hydroxylation sites is 1. The summed E-state index contributed by atoms with van der Waals surface area (Å²) in [5.74, 6) is 0.544. The molecular weight excluding hydrogens is 496 g/mol. The topological polar surface area (TPSA) is 63.5 Å². The van der Waals surface area contributed by atoms with Crippen LogP contribution in [0.4, 0.5) is 4.39 Å². The molecular formula is C22H27FIN5O. The smallest absolute Gasteiger partial charge is 0.191 e. The molecule has 0 saturated carbocycles. The molecule has 1 heterocycles. The third-order valence-corrected chi connectivity index (χ3v) is 4.30. The number of hydrogen-bond donors (Lipinski definition) is 2. The Morgan fingerprint density at radius 1 is 1.13 bits per heavy atom. The van der Waals surface area contributed by atoms with E-state index in [9.17, 15) is 4.39 Å². The van der Waals surface area contributed by atoms with Crippen molar-refractivity contribution in [1.29, 1.82) is 0 Å². The Bertz CT molecular complexity index is 933. The third-order valence-electron chi connectivity index (χ3n) is 4.30. The maximum atomic E-state index is 13.7. The Hall–Kier alpha value is -2.62. The molecule has 0 aliphatic heterocycles. The first kappa shape index (κ1) is 23.7. The molecule has 0 amide bonds. The van der Waals surface area contributed by atoms with Gasteiger partial charge in [0.1, 0.15) is 6.10 Å². The van der Waals surface area contributed by atoms with E-state index in [1.54, 1.807) is 31.4 Å². The fourth-order valence-electron chi connectivity index (χ4n) is 2.86. The minimum absolute atomic E-state index is 0. The summed E-state index contributed by atoms with van der Waals surface area (Å²) in [4.78, 5) is 4.23. The summed E-state index contributed by atoms with van der Waals surface area (Å²) in [6, 6.07) is 16.6. The number of nitrogens with one attached hydrogen (secondary N) is 2. The lowest BCUT2D eigenvalue weighted by Crippen LogP contribution is -2.41. The SMILES string of the molecule is CN=C(NCc1cccc(Cn2cccn2)c1)NCC(C)Oc1ccccc1F.I. The predicted molar refractivity (Wildman–Crippen MR) is 128 cm³/mol. The number of benzene rings is 2. The summed E-state index contributed by atoms with van der Waals surface area (Å²) < 4.78 is 21.2. The Morgan fingerprint density at radius 3 is 2.67 bits per heavy atom. The van der Waals surface area contributed by atoms with Gasteiger partial charge >= 0.3 is 0 Å². The van der Waals surface area contributed by atoms with Gasteiger partial charge in [-0.05, 0) is 36.2 Å². The summed E-state index contributed by atoms with van der Waals surface area (Å²) in [7, 11) is 1.71. The fourth-order valence-corrected chi connectivity index (χ4v) is 2.86. The van der Waals surface area contributed by atoms with Gasteiger partial charge in [-0.1, -0.05) is 36.4 Å². The Labute approximate surface area is 193 Å². The van der Waals surface area contributed by atoms with Crippen molar-refractivity contribution in [2.24, 2.45) is 4.99 Å². The van der Waals surface area contributed by atoms with E-state index in [1.807, 2.05) is 29.9 Å². The van der Waals surface area contributed by atoms with E-state index in [0.717, 1.165) is 12.1 Å². The lowest BCUT2D eigenvalue weighted by atomic mass is 10.1. The highest BCUT2D eigenvalue weighted by molar-refractivity contribution is 14.0. The van der Waals surface area contributed by atoms with Gasteiger partial charge < -0.3 is 15.4 Å². The van der Waals surface area contributed by atoms with Crippen LogP contribution in [0, 0.1) is 5.82 Å². The number of hydrogen-bond acceptors (Lipinski definition) is 3. The maximum absolute atomic E-state index is 13.7. The molecule has 2 N–H and O–H groups in total. The van der Waals surface area contributed by atoms with Gasteiger partial charge in [0.2, 0.25) is 0 Å². The van der Waals surface area contributed by atoms with Crippen LogP contribution >= 0.6 is 24.0 Å². The van der Waals surface area contributed by atoms with Crippen LogP contribution in [0.2, 0.25) is 0 Å². The van der Waals surface area contributed by atoms with E-state index in [1.165, 1.54) is 11.6 Å². The first-order valence-corrected chi connectivity index (χ1v) is 9.55. The van der Waals surface area contributed by atoms with E-state index >= 15 is 0 Å². The second kappa shape index (κ2) is 12.2. The zero-order chi connectivity index (χ0) is 20.5. The number of aliphatic imine (C=N–C) groups is 1. The van der Waals surface area contributed by atoms with Gasteiger partial charge in [0.15, 0.2) is 17.5 Å². The molecule has 3 aromatic rings. The van der Waals surface area contributed by atoms with Crippen molar-refractivity contribution in [3.05, 3.63) is 83.9 Å². The number of aromatic nitrogens is 2. The van der Waals surface area contributed by atoms with E-state index in [2.05, 4.69) is 38.9 Å². The van der Waals surface area contributed by atoms with Crippen molar-refractivity contribution < 1.29 is 9.13 Å². The quantitative estimate of drug-likeness (QED) is 0.268. The highest BCUT2D eigenvalue weighted by Gasteiger charge is 2.09. The third kappa shape index (κ3) is 7.33. The van der Waals surface area contributed by atoms with Gasteiger partial charge in [0.05, 0.1) is 13.1 Å². The Balaban J connectivity index is 0.00000320. The van der Waals surface area contributed by atoms with Crippen LogP contribution in [0.25, 0.3) is 0 Å². The van der Waals surface area contributed by atoms with Gasteiger partial charge in [-0.3, -0.25) is 9.67 Å². The van der Waals surface area contributed by atoms with Crippen LogP contribution in [-0.2, 0) is 13.1 Å². The molecule has 1 aromatic heterocycles. The number of rotatable bonds is 8. The second-order valence-electron chi connectivity index (χ2n) is 6.69. The molecule has 0 radical (unpaired) electrons. The van der Waals surface area contributed by atoms with Gasteiger partial charge in [-0.2, -0.15) is 5.10 Å². The van der Waals surface area contributed by atoms with Crippen LogP contribution in [0.5, 0.6) is 5.75 Å². The van der Waals surface area contributed by atoms with Crippen LogP contribution in [-0.4, -0.2) is 35.4 Å². The lowest BCUT2D eigenvalue weighted by Gasteiger charge is -2.18. The molecule has 0 aliphatic carbocycles. The monoisotopic (exact) mass is 523 g/mol. The molecule has 1 unspecified atom stereocenters. The van der Waals surface area contributed by atoms with Crippen molar-refractivity contribution in [3.8, 4) is 5.75 Å². The molecule has 1 atom stereocenters. The van der Waals surface area contributed by atoms with Crippen LogP contribution in [0.3, 0.4) is 0 Å². The van der Waals surface area contributed by atoms with Gasteiger partial charge in [-0.25, -0.2) is 4.39 Å². The minimum atomic E-state index is -0.364. The lowest BCUT2D eigenvalue weighted by molar-refractivity contribution is 0.214. The first-order chi connectivity index (χ1) is 14.1. The van der Waals surface area contributed by atoms with Crippen molar-refractivity contribution in [2.45, 2.75) is 26.1 Å². The molecule has 2 aromatic carbocycles. The number of nitrogens with zero attached hydrogens (tertiary/aromatic N) is 3. The number of ether oxygens (including phenoxy) is 1. The molecule has 0 spiro atoms. The highest BCUT2D eigenvalue weighted by atomic mass is 127. The summed E-state index contributed by atoms with van der Waals surface area (Å²) in [6.07, 6.45) is 3.50. The summed E-state index contributed by atoms with van der Waals surface area (Å²) in [5, 5.41) is 10.7. The normalized spacial score (nSPS) is 12.0. The maximum Gasteiger partial charge on any atom is 0.191 e. The average molecular weight is 523 g/mol. The Kier molecular flexibility index (Phi) is 9.59. The van der Waals surface area contributed by atoms with Crippen molar-refractivity contribution in [3.63, 3.8) is 0 Å². The minimum Gasteiger partial charge on any atom is -0.486 e. The Morgan fingerprint density at radius 2 is 1.93 bits per heavy atom. The standard InChI is InChI=1S/C22H26FN5O.HI/c1-17(29-21-10-4-3-9-20(21)23)14-25-22(24-2)26-15-18-7-5-8-19(13-18)16-28-12-6-11-27-28;/h3-13,17H,14-16H2,1-2H3,(H2,24,25,26);1H. The fraction of sp³-hybridized carbons (Fsp3) is 0.273. The van der Waals surface area contributed by atoms with E-state index < -0.39 is 0 Å². The van der Waals surface area contributed by atoms with E-state index in [-0.39, 0.29) is 41.6 Å². The zero-order valence-corrected chi connectivity index (χ0v) is 19.4. The van der Waals surface area contributed by atoms with Crippen LogP contribution in [0.15, 0.2) is 72.0 Å². The van der Waals surface area contributed by atoms with Crippen molar-refractivity contribution in [1.82, 2.24) is 20.4 Å². The summed E-state index contributed by atoms with van der Waals surface area (Å²) in [6.45, 7) is 3.74. The molecule has 8 heteroatoms. The van der Waals surface area contributed by atoms with Gasteiger partial charge in [0.25, 0.3) is 0 Å². The molecule has 3 rings (SSSR count). The molecule has 0 aliphatic rings. The molecule has 160 valence electrons. The van der Waals surface area contributed by atoms with Crippen molar-refractivity contribution in [2.75, 3.05) is 13.6 Å². The molecule has 0 saturated heterocycles. The molecule has 0 fully saturated rings. The number of guanidine groups is 1. The zero-order valence-electron chi connectivity index (χ0n) is 17.1. The van der Waals surface area contributed by atoms with Gasteiger partial charge in [0, 0.05) is 26.0 Å². The number of halogens is 2. The predicted octanol–water partition coefficient (Wildman–Crippen LogP) is 3.82. The second-order valence-corrected chi connectivity index (χ2v) is 6.69. The van der Waals surface area contributed by atoms with Gasteiger partial charge in [-0.15, -0.1) is 24.0 Å². The van der Waals surface area contributed by atoms with E-state index in [0.29, 0.717) is 19.0 Å². The largest absolute Gasteiger partial charge is 0.486 e. The molecule has 30 heavy (non-hydrogen) atoms. The van der Waals surface area contributed by atoms with Crippen LogP contribution in [0.1, 0.15) is 18.1 Å². The van der Waals surface area contributed by atoms with Crippen molar-refractivity contribution >= 4 is 29.9 Å². The summed E-state index contributed by atoms with van der Waals surface area (Å²) >= 11 is 0. The van der Waals surface area contributed by atoms with E-state index in [4.69, 9.17) is 4.74 Å². The molecule has 6 nitrogen and oxygen atoms in total. The molecule has 0 bridgehead atoms. The first-order valence-electron chi connectivity index (χ1n) is 9.55. The van der Waals surface area contributed by atoms with Crippen LogP contribution < -0.4 is 15.4 Å². The average Bonchev–Trinajstić information content (AvgIpc) is 3.23. The highest BCUT2D eigenvalue weighted by Crippen LogP contribution is 2.16.